The first-order valence-electron chi connectivity index (χ1n) is 11.2. The van der Waals surface area contributed by atoms with Crippen molar-refractivity contribution in [2.75, 3.05) is 6.54 Å². The van der Waals surface area contributed by atoms with Crippen molar-refractivity contribution in [3.8, 4) is 11.4 Å². The van der Waals surface area contributed by atoms with Gasteiger partial charge in [-0.15, -0.1) is 10.2 Å². The van der Waals surface area contributed by atoms with E-state index in [2.05, 4.69) is 30.7 Å². The highest BCUT2D eigenvalue weighted by atomic mass is 32.2. The SMILES string of the molecule is O=C[C@H](CC(=O)O)NC(=O)C(CCCCNS(=O)(=O)c1cccc(-c2nn[nH]n2)c1)c1ccccc1. The molecule has 0 aliphatic carbocycles. The number of nitrogens with one attached hydrogen (secondary N) is 3. The summed E-state index contributed by atoms with van der Waals surface area (Å²) in [7, 11) is -3.78. The van der Waals surface area contributed by atoms with E-state index in [0.717, 1.165) is 0 Å². The summed E-state index contributed by atoms with van der Waals surface area (Å²) >= 11 is 0. The Labute approximate surface area is 207 Å². The van der Waals surface area contributed by atoms with Crippen molar-refractivity contribution in [2.24, 2.45) is 0 Å². The lowest BCUT2D eigenvalue weighted by atomic mass is 9.92. The standard InChI is InChI=1S/C23H26N6O6S/c30-15-18(14-21(31)32)25-23(33)20(16-7-2-1-3-8-16)11-4-5-12-24-36(34,35)19-10-6-9-17(13-19)22-26-28-29-27-22/h1-3,6-10,13,15,18,20,24H,4-5,11-12,14H2,(H,25,33)(H,31,32)(H,26,27,28,29)/t18-,20?/m0/s1. The molecule has 0 saturated carbocycles. The van der Waals surface area contributed by atoms with E-state index in [1.807, 2.05) is 0 Å². The quantitative estimate of drug-likeness (QED) is 0.182. The minimum atomic E-state index is -3.78. The summed E-state index contributed by atoms with van der Waals surface area (Å²) < 4.78 is 28.0. The highest BCUT2D eigenvalue weighted by Gasteiger charge is 2.24. The van der Waals surface area contributed by atoms with Gasteiger partial charge in [0.1, 0.15) is 6.29 Å². The Hall–Kier alpha value is -3.97. The number of unbranched alkanes of at least 4 members (excludes halogenated alkanes) is 1. The third-order valence-corrected chi connectivity index (χ3v) is 6.82. The summed E-state index contributed by atoms with van der Waals surface area (Å²) in [6, 6.07) is 13.9. The summed E-state index contributed by atoms with van der Waals surface area (Å²) in [5.41, 5.74) is 1.22. The molecule has 13 heteroatoms. The third kappa shape index (κ3) is 7.52. The highest BCUT2D eigenvalue weighted by molar-refractivity contribution is 7.89. The van der Waals surface area contributed by atoms with Crippen LogP contribution < -0.4 is 10.0 Å². The van der Waals surface area contributed by atoms with Crippen LogP contribution in [0.2, 0.25) is 0 Å². The van der Waals surface area contributed by atoms with Gasteiger partial charge in [0.2, 0.25) is 21.8 Å². The van der Waals surface area contributed by atoms with Crippen LogP contribution in [0.1, 0.15) is 37.2 Å². The van der Waals surface area contributed by atoms with Crippen LogP contribution >= 0.6 is 0 Å². The molecule has 3 aromatic rings. The number of carboxylic acids is 1. The van der Waals surface area contributed by atoms with Gasteiger partial charge in [0, 0.05) is 12.1 Å². The number of aldehydes is 1. The molecule has 36 heavy (non-hydrogen) atoms. The highest BCUT2D eigenvalue weighted by Crippen LogP contribution is 2.23. The van der Waals surface area contributed by atoms with Crippen molar-refractivity contribution in [2.45, 2.75) is 42.5 Å². The fraction of sp³-hybridized carbons (Fsp3) is 0.304. The smallest absolute Gasteiger partial charge is 0.305 e. The van der Waals surface area contributed by atoms with Gasteiger partial charge < -0.3 is 15.2 Å². The molecule has 4 N–H and O–H groups in total. The Morgan fingerprint density at radius 3 is 2.53 bits per heavy atom. The van der Waals surface area contributed by atoms with Crippen LogP contribution in [0.15, 0.2) is 59.5 Å². The van der Waals surface area contributed by atoms with E-state index in [-0.39, 0.29) is 17.3 Å². The number of rotatable bonds is 14. The number of hydrogen-bond donors (Lipinski definition) is 4. The normalized spacial score (nSPS) is 13.0. The lowest BCUT2D eigenvalue weighted by Crippen LogP contribution is -2.40. The van der Waals surface area contributed by atoms with Crippen molar-refractivity contribution in [3.05, 3.63) is 60.2 Å². The van der Waals surface area contributed by atoms with E-state index in [9.17, 15) is 22.8 Å². The third-order valence-electron chi connectivity index (χ3n) is 5.36. The lowest BCUT2D eigenvalue weighted by Gasteiger charge is -2.19. The zero-order valence-corrected chi connectivity index (χ0v) is 20.0. The van der Waals surface area contributed by atoms with E-state index in [1.54, 1.807) is 42.5 Å². The van der Waals surface area contributed by atoms with E-state index in [0.29, 0.717) is 36.7 Å². The van der Waals surface area contributed by atoms with Crippen molar-refractivity contribution in [1.29, 1.82) is 0 Å². The van der Waals surface area contributed by atoms with Gasteiger partial charge >= 0.3 is 5.97 Å². The Morgan fingerprint density at radius 2 is 1.86 bits per heavy atom. The average molecular weight is 515 g/mol. The first-order valence-corrected chi connectivity index (χ1v) is 12.6. The molecule has 0 aliphatic rings. The largest absolute Gasteiger partial charge is 0.481 e. The van der Waals surface area contributed by atoms with Gasteiger partial charge in [0.15, 0.2) is 0 Å². The Balaban J connectivity index is 1.57. The van der Waals surface area contributed by atoms with E-state index < -0.39 is 40.3 Å². The average Bonchev–Trinajstić information content (AvgIpc) is 3.41. The van der Waals surface area contributed by atoms with Crippen molar-refractivity contribution in [1.82, 2.24) is 30.7 Å². The molecule has 0 spiro atoms. The molecular formula is C23H26N6O6S. The molecule has 190 valence electrons. The first-order chi connectivity index (χ1) is 17.3. The number of H-pyrrole nitrogens is 1. The number of nitrogens with zero attached hydrogens (tertiary/aromatic N) is 3. The maximum absolute atomic E-state index is 12.8. The number of amides is 1. The molecule has 1 amide bonds. The second-order valence-electron chi connectivity index (χ2n) is 7.97. The Bertz CT molecular complexity index is 1270. The number of carbonyl (C=O) groups excluding carboxylic acids is 2. The monoisotopic (exact) mass is 514 g/mol. The van der Waals surface area contributed by atoms with Crippen LogP contribution in [0.3, 0.4) is 0 Å². The molecule has 1 unspecified atom stereocenters. The second-order valence-corrected chi connectivity index (χ2v) is 9.74. The summed E-state index contributed by atoms with van der Waals surface area (Å²) in [4.78, 5) is 35.0. The van der Waals surface area contributed by atoms with E-state index in [4.69, 9.17) is 5.11 Å². The number of hydrogen-bond acceptors (Lipinski definition) is 8. The van der Waals surface area contributed by atoms with Crippen LogP contribution in [0.4, 0.5) is 0 Å². The molecule has 1 aromatic heterocycles. The van der Waals surface area contributed by atoms with E-state index in [1.165, 1.54) is 12.1 Å². The number of carboxylic acid groups (broad SMARTS) is 1. The molecule has 1 heterocycles. The zero-order valence-electron chi connectivity index (χ0n) is 19.2. The fourth-order valence-electron chi connectivity index (χ4n) is 3.59. The number of aromatic amines is 1. The minimum absolute atomic E-state index is 0.0599. The van der Waals surface area contributed by atoms with Crippen molar-refractivity contribution >= 4 is 28.2 Å². The molecule has 2 aromatic carbocycles. The van der Waals surface area contributed by atoms with Gasteiger partial charge in [-0.05, 0) is 35.8 Å². The predicted molar refractivity (Wildman–Crippen MR) is 128 cm³/mol. The van der Waals surface area contributed by atoms with Crippen molar-refractivity contribution in [3.63, 3.8) is 0 Å². The number of sulfonamides is 1. The lowest BCUT2D eigenvalue weighted by molar-refractivity contribution is -0.138. The molecule has 0 bridgehead atoms. The second kappa shape index (κ2) is 12.7. The van der Waals surface area contributed by atoms with Crippen LogP contribution in [-0.2, 0) is 24.4 Å². The summed E-state index contributed by atoms with van der Waals surface area (Å²) in [5, 5.41) is 24.9. The molecule has 0 fully saturated rings. The molecule has 0 saturated heterocycles. The topological polar surface area (TPSA) is 184 Å². The summed E-state index contributed by atoms with van der Waals surface area (Å²) in [6.07, 6.45) is 1.22. The minimum Gasteiger partial charge on any atom is -0.481 e. The van der Waals surface area contributed by atoms with Crippen LogP contribution in [0.25, 0.3) is 11.4 Å². The first kappa shape index (κ1) is 26.6. The van der Waals surface area contributed by atoms with Crippen LogP contribution in [-0.4, -0.2) is 64.9 Å². The van der Waals surface area contributed by atoms with Gasteiger partial charge in [-0.1, -0.05) is 48.9 Å². The summed E-state index contributed by atoms with van der Waals surface area (Å²) in [6.45, 7) is 0.147. The maximum atomic E-state index is 12.8. The van der Waals surface area contributed by atoms with Gasteiger partial charge in [-0.25, -0.2) is 13.1 Å². The van der Waals surface area contributed by atoms with Crippen molar-refractivity contribution < 1.29 is 27.9 Å². The summed E-state index contributed by atoms with van der Waals surface area (Å²) in [5.74, 6) is -2.00. The number of aromatic nitrogens is 4. The van der Waals surface area contributed by atoms with E-state index >= 15 is 0 Å². The number of aliphatic carboxylic acids is 1. The zero-order chi connectivity index (χ0) is 26.0. The van der Waals surface area contributed by atoms with Gasteiger partial charge in [0.05, 0.1) is 23.3 Å². The molecule has 0 radical (unpaired) electrons. The fourth-order valence-corrected chi connectivity index (χ4v) is 4.71. The van der Waals surface area contributed by atoms with Gasteiger partial charge in [-0.3, -0.25) is 9.59 Å². The molecule has 0 aliphatic heterocycles. The maximum Gasteiger partial charge on any atom is 0.305 e. The van der Waals surface area contributed by atoms with Crippen LogP contribution in [0.5, 0.6) is 0 Å². The molecular weight excluding hydrogens is 488 g/mol. The molecule has 12 nitrogen and oxygen atoms in total. The predicted octanol–water partition coefficient (Wildman–Crippen LogP) is 1.26. The Morgan fingerprint density at radius 1 is 1.08 bits per heavy atom. The molecule has 2 atom stereocenters. The number of benzene rings is 2. The van der Waals surface area contributed by atoms with Gasteiger partial charge in [-0.2, -0.15) is 5.21 Å². The van der Waals surface area contributed by atoms with Crippen LogP contribution in [0, 0.1) is 0 Å². The number of tetrazole rings is 1. The Kier molecular flexibility index (Phi) is 9.36. The molecule has 3 rings (SSSR count). The van der Waals surface area contributed by atoms with Gasteiger partial charge in [0.25, 0.3) is 0 Å². The number of carbonyl (C=O) groups is 3.